The molecule has 2 saturated heterocycles. The summed E-state index contributed by atoms with van der Waals surface area (Å²) in [6.45, 7) is 6.10. The monoisotopic (exact) mass is 307 g/mol. The molecule has 2 fully saturated rings. The van der Waals surface area contributed by atoms with Crippen molar-refractivity contribution in [2.45, 2.75) is 18.9 Å². The lowest BCUT2D eigenvalue weighted by Gasteiger charge is -2.32. The first kappa shape index (κ1) is 14.8. The van der Waals surface area contributed by atoms with Gasteiger partial charge in [-0.25, -0.2) is 0 Å². The molecule has 21 heavy (non-hydrogen) atoms. The number of piperazine rings is 1. The van der Waals surface area contributed by atoms with E-state index < -0.39 is 0 Å². The van der Waals surface area contributed by atoms with Gasteiger partial charge in [-0.3, -0.25) is 9.69 Å². The molecule has 0 aliphatic carbocycles. The van der Waals surface area contributed by atoms with Gasteiger partial charge >= 0.3 is 0 Å². The highest BCUT2D eigenvalue weighted by Crippen LogP contribution is 2.18. The van der Waals surface area contributed by atoms with Gasteiger partial charge in [-0.1, -0.05) is 23.7 Å². The van der Waals surface area contributed by atoms with Crippen molar-refractivity contribution in [3.8, 4) is 0 Å². The van der Waals surface area contributed by atoms with Crippen molar-refractivity contribution in [3.63, 3.8) is 0 Å². The minimum absolute atomic E-state index is 0.231. The second-order valence-electron chi connectivity index (χ2n) is 5.87. The van der Waals surface area contributed by atoms with Crippen LogP contribution in [0.4, 0.5) is 0 Å². The Hall–Kier alpha value is -1.10. The first-order valence-corrected chi connectivity index (χ1v) is 8.07. The molecule has 0 spiro atoms. The summed E-state index contributed by atoms with van der Waals surface area (Å²) >= 11 is 5.87. The average molecular weight is 308 g/mol. The normalized spacial score (nSPS) is 23.5. The third kappa shape index (κ3) is 3.76. The molecular weight excluding hydrogens is 286 g/mol. The second kappa shape index (κ2) is 6.77. The molecule has 2 aliphatic rings. The Morgan fingerprint density at radius 2 is 1.90 bits per heavy atom. The van der Waals surface area contributed by atoms with Crippen LogP contribution in [0.5, 0.6) is 0 Å². The molecule has 1 unspecified atom stereocenters. The molecule has 5 heteroatoms. The van der Waals surface area contributed by atoms with Crippen molar-refractivity contribution in [2.75, 3.05) is 39.3 Å². The fourth-order valence-electron chi connectivity index (χ4n) is 3.20. The fourth-order valence-corrected chi connectivity index (χ4v) is 3.33. The van der Waals surface area contributed by atoms with E-state index in [9.17, 15) is 4.79 Å². The van der Waals surface area contributed by atoms with Crippen LogP contribution in [0, 0.1) is 0 Å². The van der Waals surface area contributed by atoms with Gasteiger partial charge in [-0.05, 0) is 24.1 Å². The summed E-state index contributed by atoms with van der Waals surface area (Å²) in [7, 11) is 0. The van der Waals surface area contributed by atoms with E-state index in [-0.39, 0.29) is 5.91 Å². The van der Waals surface area contributed by atoms with Gasteiger partial charge in [0.1, 0.15) is 0 Å². The van der Waals surface area contributed by atoms with Crippen LogP contribution in [0.3, 0.4) is 0 Å². The minimum atomic E-state index is 0.231. The molecule has 3 rings (SSSR count). The molecule has 2 heterocycles. The molecule has 1 aromatic carbocycles. The van der Waals surface area contributed by atoms with Crippen LogP contribution in [0.25, 0.3) is 0 Å². The molecule has 4 nitrogen and oxygen atoms in total. The molecule has 2 aliphatic heterocycles. The molecular formula is C16H22ClN3O. The minimum Gasteiger partial charge on any atom is -0.341 e. The van der Waals surface area contributed by atoms with Crippen molar-refractivity contribution in [3.05, 3.63) is 34.9 Å². The third-order valence-electron chi connectivity index (χ3n) is 4.45. The number of nitrogens with one attached hydrogen (secondary N) is 1. The van der Waals surface area contributed by atoms with Gasteiger partial charge in [-0.2, -0.15) is 0 Å². The largest absolute Gasteiger partial charge is 0.341 e. The summed E-state index contributed by atoms with van der Waals surface area (Å²) in [6, 6.07) is 8.10. The Morgan fingerprint density at radius 1 is 1.19 bits per heavy atom. The Balaban J connectivity index is 1.53. The highest BCUT2D eigenvalue weighted by atomic mass is 35.5. The van der Waals surface area contributed by atoms with Gasteiger partial charge in [0, 0.05) is 50.3 Å². The number of benzene rings is 1. The summed E-state index contributed by atoms with van der Waals surface area (Å²) in [4.78, 5) is 16.9. The quantitative estimate of drug-likeness (QED) is 0.916. The van der Waals surface area contributed by atoms with Crippen molar-refractivity contribution < 1.29 is 4.79 Å². The molecule has 1 N–H and O–H groups in total. The lowest BCUT2D eigenvalue weighted by molar-refractivity contribution is -0.129. The van der Waals surface area contributed by atoms with E-state index in [4.69, 9.17) is 11.6 Å². The average Bonchev–Trinajstić information content (AvgIpc) is 3.00. The maximum Gasteiger partial charge on any atom is 0.227 e. The summed E-state index contributed by atoms with van der Waals surface area (Å²) in [5, 5.41) is 4.09. The molecule has 0 radical (unpaired) electrons. The van der Waals surface area contributed by atoms with E-state index in [1.54, 1.807) is 0 Å². The number of carbonyl (C=O) groups is 1. The molecule has 0 aromatic heterocycles. The number of halogens is 1. The smallest absolute Gasteiger partial charge is 0.227 e. The lowest BCUT2D eigenvalue weighted by atomic mass is 10.1. The predicted molar refractivity (Wildman–Crippen MR) is 84.6 cm³/mol. The van der Waals surface area contributed by atoms with E-state index >= 15 is 0 Å². The number of nitrogens with zero attached hydrogens (tertiary/aromatic N) is 2. The summed E-state index contributed by atoms with van der Waals surface area (Å²) in [5.74, 6) is 0.231. The molecule has 0 bridgehead atoms. The van der Waals surface area contributed by atoms with Crippen LogP contribution < -0.4 is 5.32 Å². The van der Waals surface area contributed by atoms with Gasteiger partial charge in [0.2, 0.25) is 5.91 Å². The molecule has 1 atom stereocenters. The van der Waals surface area contributed by atoms with E-state index in [2.05, 4.69) is 10.2 Å². The van der Waals surface area contributed by atoms with Gasteiger partial charge in [0.05, 0.1) is 6.42 Å². The van der Waals surface area contributed by atoms with E-state index in [1.807, 2.05) is 29.2 Å². The van der Waals surface area contributed by atoms with Gasteiger partial charge in [0.15, 0.2) is 0 Å². The first-order valence-electron chi connectivity index (χ1n) is 7.69. The molecule has 0 saturated carbocycles. The number of hydrogen-bond acceptors (Lipinski definition) is 3. The zero-order chi connectivity index (χ0) is 14.7. The van der Waals surface area contributed by atoms with Crippen molar-refractivity contribution in [2.24, 2.45) is 0 Å². The zero-order valence-corrected chi connectivity index (χ0v) is 13.0. The predicted octanol–water partition coefficient (Wildman–Crippen LogP) is 1.39. The summed E-state index contributed by atoms with van der Waals surface area (Å²) < 4.78 is 0. The highest BCUT2D eigenvalue weighted by molar-refractivity contribution is 6.30. The van der Waals surface area contributed by atoms with Crippen LogP contribution in [0.1, 0.15) is 12.0 Å². The third-order valence-corrected chi connectivity index (χ3v) is 4.70. The standard InChI is InChI=1S/C16H22ClN3O/c17-14-3-1-13(2-4-14)11-16(21)20-8-5-15(12-20)19-9-6-18-7-10-19/h1-4,15,18H,5-12H2. The van der Waals surface area contributed by atoms with E-state index in [1.165, 1.54) is 0 Å². The van der Waals surface area contributed by atoms with Crippen LogP contribution in [-0.4, -0.2) is 61.0 Å². The molecule has 1 amide bonds. The van der Waals surface area contributed by atoms with Crippen molar-refractivity contribution in [1.29, 1.82) is 0 Å². The first-order chi connectivity index (χ1) is 10.2. The van der Waals surface area contributed by atoms with Crippen LogP contribution in [-0.2, 0) is 11.2 Å². The number of amides is 1. The number of hydrogen-bond donors (Lipinski definition) is 1. The lowest BCUT2D eigenvalue weighted by Crippen LogP contribution is -2.49. The Morgan fingerprint density at radius 3 is 2.62 bits per heavy atom. The van der Waals surface area contributed by atoms with Gasteiger partial charge in [0.25, 0.3) is 0 Å². The van der Waals surface area contributed by atoms with Crippen molar-refractivity contribution >= 4 is 17.5 Å². The van der Waals surface area contributed by atoms with Crippen LogP contribution >= 0.6 is 11.6 Å². The molecule has 1 aromatic rings. The van der Waals surface area contributed by atoms with Crippen LogP contribution in [0.2, 0.25) is 5.02 Å². The number of rotatable bonds is 3. The molecule has 114 valence electrons. The zero-order valence-electron chi connectivity index (χ0n) is 12.2. The Labute approximate surface area is 131 Å². The van der Waals surface area contributed by atoms with E-state index in [0.29, 0.717) is 17.5 Å². The van der Waals surface area contributed by atoms with Gasteiger partial charge in [-0.15, -0.1) is 0 Å². The fraction of sp³-hybridized carbons (Fsp3) is 0.562. The maximum atomic E-state index is 12.4. The summed E-state index contributed by atoms with van der Waals surface area (Å²) in [6.07, 6.45) is 1.58. The topological polar surface area (TPSA) is 35.6 Å². The van der Waals surface area contributed by atoms with Crippen LogP contribution in [0.15, 0.2) is 24.3 Å². The number of carbonyl (C=O) groups excluding carboxylic acids is 1. The second-order valence-corrected chi connectivity index (χ2v) is 6.31. The van der Waals surface area contributed by atoms with E-state index in [0.717, 1.165) is 51.3 Å². The number of likely N-dealkylation sites (tertiary alicyclic amines) is 1. The Bertz CT molecular complexity index is 485. The van der Waals surface area contributed by atoms with Gasteiger partial charge < -0.3 is 10.2 Å². The Kier molecular flexibility index (Phi) is 4.78. The maximum absolute atomic E-state index is 12.4. The highest BCUT2D eigenvalue weighted by Gasteiger charge is 2.30. The summed E-state index contributed by atoms with van der Waals surface area (Å²) in [5.41, 5.74) is 1.04. The SMILES string of the molecule is O=C(Cc1ccc(Cl)cc1)N1CCC(N2CCNCC2)C1. The van der Waals surface area contributed by atoms with Crippen molar-refractivity contribution in [1.82, 2.24) is 15.1 Å².